The lowest BCUT2D eigenvalue weighted by molar-refractivity contribution is 0.00745. The first-order valence-electron chi connectivity index (χ1n) is 4.80. The molecule has 1 unspecified atom stereocenters. The van der Waals surface area contributed by atoms with Crippen molar-refractivity contribution in [1.29, 1.82) is 5.26 Å². The third kappa shape index (κ3) is 0.964. The molecule has 1 aliphatic heterocycles. The molecule has 0 amide bonds. The lowest BCUT2D eigenvalue weighted by atomic mass is 9.87. The van der Waals surface area contributed by atoms with E-state index in [9.17, 15) is 0 Å². The molecular formula is C10H16N2. The van der Waals surface area contributed by atoms with Crippen LogP contribution in [0.1, 0.15) is 33.1 Å². The lowest BCUT2D eigenvalue weighted by Crippen LogP contribution is -2.58. The molecule has 0 radical (unpaired) electrons. The highest BCUT2D eigenvalue weighted by Gasteiger charge is 2.56. The molecule has 1 atom stereocenters. The maximum atomic E-state index is 9.02. The Balaban J connectivity index is 1.97. The van der Waals surface area contributed by atoms with Crippen LogP contribution < -0.4 is 0 Å². The second-order valence-corrected chi connectivity index (χ2v) is 4.60. The van der Waals surface area contributed by atoms with E-state index in [0.717, 1.165) is 6.42 Å². The molecular weight excluding hydrogens is 148 g/mol. The summed E-state index contributed by atoms with van der Waals surface area (Å²) in [6, 6.07) is 2.42. The van der Waals surface area contributed by atoms with Crippen LogP contribution in [0.2, 0.25) is 0 Å². The van der Waals surface area contributed by atoms with Gasteiger partial charge in [0.1, 0.15) is 5.54 Å². The van der Waals surface area contributed by atoms with Gasteiger partial charge in [-0.1, -0.05) is 6.92 Å². The molecule has 2 heteroatoms. The van der Waals surface area contributed by atoms with Crippen molar-refractivity contribution in [2.45, 2.75) is 38.6 Å². The molecule has 2 aliphatic rings. The average Bonchev–Trinajstić information content (AvgIpc) is 2.79. The van der Waals surface area contributed by atoms with Crippen LogP contribution in [0.5, 0.6) is 0 Å². The molecule has 2 nitrogen and oxygen atoms in total. The number of rotatable bonds is 2. The molecule has 1 spiro atoms. The standard InChI is InChI=1S/C10H16N2/c1-3-9(2,6-11)12-7-10(8-12)4-5-10/h3-5,7-8H2,1-2H3. The molecule has 12 heavy (non-hydrogen) atoms. The van der Waals surface area contributed by atoms with Crippen LogP contribution in [0.3, 0.4) is 0 Å². The van der Waals surface area contributed by atoms with Gasteiger partial charge in [0.05, 0.1) is 6.07 Å². The van der Waals surface area contributed by atoms with Gasteiger partial charge in [0.25, 0.3) is 0 Å². The summed E-state index contributed by atoms with van der Waals surface area (Å²) in [6.07, 6.45) is 3.74. The van der Waals surface area contributed by atoms with Crippen LogP contribution in [0.25, 0.3) is 0 Å². The fourth-order valence-electron chi connectivity index (χ4n) is 1.98. The Hall–Kier alpha value is -0.550. The highest BCUT2D eigenvalue weighted by Crippen LogP contribution is 2.54. The molecule has 0 aromatic heterocycles. The number of hydrogen-bond acceptors (Lipinski definition) is 2. The highest BCUT2D eigenvalue weighted by molar-refractivity contribution is 5.15. The maximum absolute atomic E-state index is 9.02. The van der Waals surface area contributed by atoms with Crippen LogP contribution in [0.15, 0.2) is 0 Å². The Morgan fingerprint density at radius 3 is 2.42 bits per heavy atom. The second-order valence-electron chi connectivity index (χ2n) is 4.60. The fourth-order valence-corrected chi connectivity index (χ4v) is 1.98. The summed E-state index contributed by atoms with van der Waals surface area (Å²) in [5.74, 6) is 0. The highest BCUT2D eigenvalue weighted by atomic mass is 15.3. The summed E-state index contributed by atoms with van der Waals surface area (Å²) in [6.45, 7) is 6.50. The van der Waals surface area contributed by atoms with Crippen molar-refractivity contribution in [3.63, 3.8) is 0 Å². The number of hydrogen-bond donors (Lipinski definition) is 0. The van der Waals surface area contributed by atoms with E-state index < -0.39 is 0 Å². The third-order valence-electron chi connectivity index (χ3n) is 3.64. The molecule has 0 N–H and O–H groups in total. The summed E-state index contributed by atoms with van der Waals surface area (Å²) in [4.78, 5) is 2.33. The smallest absolute Gasteiger partial charge is 0.106 e. The SMILES string of the molecule is CCC(C)(C#N)N1CC2(CC2)C1. The number of nitrogens with zero attached hydrogens (tertiary/aromatic N) is 2. The second kappa shape index (κ2) is 2.23. The topological polar surface area (TPSA) is 27.0 Å². The lowest BCUT2D eigenvalue weighted by Gasteiger charge is -2.48. The van der Waals surface area contributed by atoms with Gasteiger partial charge in [0.15, 0.2) is 0 Å². The van der Waals surface area contributed by atoms with Crippen LogP contribution in [-0.4, -0.2) is 23.5 Å². The molecule has 66 valence electrons. The van der Waals surface area contributed by atoms with Gasteiger partial charge in [-0.25, -0.2) is 0 Å². The maximum Gasteiger partial charge on any atom is 0.106 e. The van der Waals surface area contributed by atoms with Crippen molar-refractivity contribution in [3.05, 3.63) is 0 Å². The Morgan fingerprint density at radius 1 is 1.50 bits per heavy atom. The van der Waals surface area contributed by atoms with Crippen molar-refractivity contribution in [3.8, 4) is 6.07 Å². The molecule has 0 aromatic rings. The zero-order chi connectivity index (χ0) is 8.82. The first-order chi connectivity index (χ1) is 5.64. The summed E-state index contributed by atoms with van der Waals surface area (Å²) in [5, 5.41) is 9.02. The zero-order valence-electron chi connectivity index (χ0n) is 7.93. The van der Waals surface area contributed by atoms with Crippen LogP contribution in [0, 0.1) is 16.7 Å². The Labute approximate surface area is 74.2 Å². The largest absolute Gasteiger partial charge is 0.285 e. The van der Waals surface area contributed by atoms with E-state index in [1.807, 2.05) is 0 Å². The minimum atomic E-state index is -0.187. The van der Waals surface area contributed by atoms with Crippen molar-refractivity contribution < 1.29 is 0 Å². The van der Waals surface area contributed by atoms with Gasteiger partial charge in [0, 0.05) is 13.1 Å². The monoisotopic (exact) mass is 164 g/mol. The molecule has 1 heterocycles. The van der Waals surface area contributed by atoms with Gasteiger partial charge in [-0.05, 0) is 31.6 Å². The van der Waals surface area contributed by atoms with Crippen LogP contribution in [0.4, 0.5) is 0 Å². The first-order valence-corrected chi connectivity index (χ1v) is 4.80. The summed E-state index contributed by atoms with van der Waals surface area (Å²) < 4.78 is 0. The van der Waals surface area contributed by atoms with E-state index in [1.165, 1.54) is 25.9 Å². The molecule has 1 aliphatic carbocycles. The van der Waals surface area contributed by atoms with Gasteiger partial charge in [-0.2, -0.15) is 5.26 Å². The third-order valence-corrected chi connectivity index (χ3v) is 3.64. The van der Waals surface area contributed by atoms with E-state index in [-0.39, 0.29) is 5.54 Å². The normalized spacial score (nSPS) is 30.4. The molecule has 1 saturated heterocycles. The number of nitriles is 1. The zero-order valence-corrected chi connectivity index (χ0v) is 7.93. The Kier molecular flexibility index (Phi) is 1.50. The van der Waals surface area contributed by atoms with Gasteiger partial charge in [0.2, 0.25) is 0 Å². The van der Waals surface area contributed by atoms with Crippen molar-refractivity contribution in [2.24, 2.45) is 5.41 Å². The molecule has 0 bridgehead atoms. The van der Waals surface area contributed by atoms with Crippen LogP contribution >= 0.6 is 0 Å². The summed E-state index contributed by atoms with van der Waals surface area (Å²) in [7, 11) is 0. The predicted molar refractivity (Wildman–Crippen MR) is 47.5 cm³/mol. The van der Waals surface area contributed by atoms with Gasteiger partial charge >= 0.3 is 0 Å². The van der Waals surface area contributed by atoms with E-state index >= 15 is 0 Å². The minimum Gasteiger partial charge on any atom is -0.285 e. The quantitative estimate of drug-likeness (QED) is 0.622. The molecule has 2 rings (SSSR count). The minimum absolute atomic E-state index is 0.187. The summed E-state index contributed by atoms with van der Waals surface area (Å²) in [5.41, 5.74) is 0.487. The van der Waals surface area contributed by atoms with Gasteiger partial charge < -0.3 is 0 Å². The van der Waals surface area contributed by atoms with E-state index in [2.05, 4.69) is 24.8 Å². The first kappa shape index (κ1) is 8.07. The summed E-state index contributed by atoms with van der Waals surface area (Å²) >= 11 is 0. The van der Waals surface area contributed by atoms with E-state index in [0.29, 0.717) is 5.41 Å². The molecule has 2 fully saturated rings. The van der Waals surface area contributed by atoms with Gasteiger partial charge in [-0.3, -0.25) is 4.90 Å². The molecule has 1 saturated carbocycles. The average molecular weight is 164 g/mol. The predicted octanol–water partition coefficient (Wildman–Crippen LogP) is 1.77. The number of likely N-dealkylation sites (tertiary alicyclic amines) is 1. The van der Waals surface area contributed by atoms with Crippen molar-refractivity contribution in [1.82, 2.24) is 4.90 Å². The van der Waals surface area contributed by atoms with E-state index in [1.54, 1.807) is 0 Å². The van der Waals surface area contributed by atoms with Crippen molar-refractivity contribution >= 4 is 0 Å². The fraction of sp³-hybridized carbons (Fsp3) is 0.900. The molecule has 0 aromatic carbocycles. The van der Waals surface area contributed by atoms with Gasteiger partial charge in [-0.15, -0.1) is 0 Å². The Morgan fingerprint density at radius 2 is 2.08 bits per heavy atom. The van der Waals surface area contributed by atoms with Crippen molar-refractivity contribution in [2.75, 3.05) is 13.1 Å². The Bertz CT molecular complexity index is 229. The van der Waals surface area contributed by atoms with Crippen LogP contribution in [-0.2, 0) is 0 Å². The van der Waals surface area contributed by atoms with E-state index in [4.69, 9.17) is 5.26 Å².